The number of nitrogens with two attached hydrogens (primary N) is 1. The third kappa shape index (κ3) is 7.12. The van der Waals surface area contributed by atoms with Crippen molar-refractivity contribution in [2.45, 2.75) is 63.6 Å². The Balaban J connectivity index is 1.58. The molecule has 0 unspecified atom stereocenters. The van der Waals surface area contributed by atoms with Crippen LogP contribution in [-0.2, 0) is 22.6 Å². The molecule has 2 atom stereocenters. The second-order valence-corrected chi connectivity index (χ2v) is 8.55. The van der Waals surface area contributed by atoms with Crippen LogP contribution in [0, 0.1) is 17.6 Å². The Morgan fingerprint density at radius 2 is 1.69 bits per heavy atom. The summed E-state index contributed by atoms with van der Waals surface area (Å²) in [5, 5.41) is 5.74. The molecule has 1 aliphatic rings. The molecule has 32 heavy (non-hydrogen) atoms. The van der Waals surface area contributed by atoms with Crippen molar-refractivity contribution in [3.05, 3.63) is 71.3 Å². The molecule has 0 saturated heterocycles. The first-order chi connectivity index (χ1) is 15.4. The molecule has 1 fully saturated rings. The highest BCUT2D eigenvalue weighted by molar-refractivity contribution is 5.88. The lowest BCUT2D eigenvalue weighted by Gasteiger charge is -2.30. The van der Waals surface area contributed by atoms with Gasteiger partial charge in [0.05, 0.1) is 0 Å². The van der Waals surface area contributed by atoms with Crippen molar-refractivity contribution in [3.8, 4) is 0 Å². The van der Waals surface area contributed by atoms with Crippen LogP contribution in [0.4, 0.5) is 8.78 Å². The van der Waals surface area contributed by atoms with Gasteiger partial charge in [-0.1, -0.05) is 49.6 Å². The van der Waals surface area contributed by atoms with E-state index in [1.165, 1.54) is 18.2 Å². The van der Waals surface area contributed by atoms with E-state index in [1.54, 1.807) is 30.3 Å². The van der Waals surface area contributed by atoms with Crippen LogP contribution in [0.2, 0.25) is 0 Å². The molecule has 0 bridgehead atoms. The molecule has 0 aliphatic heterocycles. The van der Waals surface area contributed by atoms with Crippen LogP contribution in [0.15, 0.2) is 48.5 Å². The fourth-order valence-electron chi connectivity index (χ4n) is 4.26. The zero-order valence-electron chi connectivity index (χ0n) is 18.2. The van der Waals surface area contributed by atoms with E-state index < -0.39 is 12.1 Å². The van der Waals surface area contributed by atoms with Gasteiger partial charge in [0.1, 0.15) is 17.7 Å². The van der Waals surface area contributed by atoms with Crippen molar-refractivity contribution in [3.63, 3.8) is 0 Å². The van der Waals surface area contributed by atoms with Crippen LogP contribution in [0.5, 0.6) is 0 Å². The summed E-state index contributed by atoms with van der Waals surface area (Å²) in [4.78, 5) is 25.7. The minimum atomic E-state index is -0.649. The molecule has 0 heterocycles. The second-order valence-electron chi connectivity index (χ2n) is 8.55. The lowest BCUT2D eigenvalue weighted by atomic mass is 9.83. The largest absolute Gasteiger partial charge is 0.350 e. The lowest BCUT2D eigenvalue weighted by molar-refractivity contribution is -0.131. The van der Waals surface area contributed by atoms with E-state index in [9.17, 15) is 18.4 Å². The highest BCUT2D eigenvalue weighted by atomic mass is 19.1. The van der Waals surface area contributed by atoms with E-state index in [2.05, 4.69) is 10.6 Å². The normalized spacial score (nSPS) is 16.2. The van der Waals surface area contributed by atoms with E-state index in [1.807, 2.05) is 0 Å². The van der Waals surface area contributed by atoms with Crippen LogP contribution in [0.3, 0.4) is 0 Å². The van der Waals surface area contributed by atoms with Gasteiger partial charge in [-0.25, -0.2) is 8.78 Å². The number of nitrogens with one attached hydrogen (secondary N) is 2. The van der Waals surface area contributed by atoms with Crippen LogP contribution < -0.4 is 16.4 Å². The molecule has 1 saturated carbocycles. The van der Waals surface area contributed by atoms with Gasteiger partial charge in [0.2, 0.25) is 11.8 Å². The van der Waals surface area contributed by atoms with Gasteiger partial charge >= 0.3 is 0 Å². The highest BCUT2D eigenvalue weighted by Gasteiger charge is 2.31. The summed E-state index contributed by atoms with van der Waals surface area (Å²) in [5.41, 5.74) is 7.34. The predicted molar refractivity (Wildman–Crippen MR) is 119 cm³/mol. The summed E-state index contributed by atoms with van der Waals surface area (Å²) in [5.74, 6) is -1.19. The molecular formula is C25H31F2N3O2. The van der Waals surface area contributed by atoms with E-state index in [-0.39, 0.29) is 48.8 Å². The molecule has 5 nitrogen and oxygen atoms in total. The van der Waals surface area contributed by atoms with Crippen LogP contribution in [-0.4, -0.2) is 23.9 Å². The standard InChI is InChI=1S/C25H31F2N3O2/c26-20-12-10-17(11-13-20)16-29-25(32)24(18-6-2-1-3-7-18)30-23(31)15-21(28)14-19-8-4-5-9-22(19)27/h4-5,8-13,18,21,24H,1-3,6-7,14-16,28H2,(H,29,32)(H,30,31)/t21-,24-/m1/s1. The Morgan fingerprint density at radius 3 is 2.38 bits per heavy atom. The van der Waals surface area contributed by atoms with Gasteiger partial charge in [-0.05, 0) is 54.5 Å². The minimum absolute atomic E-state index is 0.00277. The van der Waals surface area contributed by atoms with Gasteiger partial charge in [-0.2, -0.15) is 0 Å². The summed E-state index contributed by atoms with van der Waals surface area (Å²) in [7, 11) is 0. The molecule has 4 N–H and O–H groups in total. The van der Waals surface area contributed by atoms with Crippen LogP contribution in [0.1, 0.15) is 49.7 Å². The number of carbonyl (C=O) groups is 2. The first-order valence-corrected chi connectivity index (χ1v) is 11.2. The third-order valence-electron chi connectivity index (χ3n) is 5.99. The van der Waals surface area contributed by atoms with Crippen molar-refractivity contribution in [2.24, 2.45) is 11.7 Å². The van der Waals surface area contributed by atoms with Gasteiger partial charge in [0.15, 0.2) is 0 Å². The summed E-state index contributed by atoms with van der Waals surface area (Å²) in [6, 6.07) is 11.1. The molecule has 172 valence electrons. The van der Waals surface area contributed by atoms with Crippen molar-refractivity contribution in [2.75, 3.05) is 0 Å². The quantitative estimate of drug-likeness (QED) is 0.554. The number of halogens is 2. The Hall–Kier alpha value is -2.80. The number of hydrogen-bond donors (Lipinski definition) is 3. The van der Waals surface area contributed by atoms with E-state index in [4.69, 9.17) is 5.73 Å². The zero-order chi connectivity index (χ0) is 22.9. The van der Waals surface area contributed by atoms with Crippen molar-refractivity contribution in [1.29, 1.82) is 0 Å². The highest BCUT2D eigenvalue weighted by Crippen LogP contribution is 2.27. The maximum Gasteiger partial charge on any atom is 0.243 e. The number of carbonyl (C=O) groups excluding carboxylic acids is 2. The molecule has 0 radical (unpaired) electrons. The minimum Gasteiger partial charge on any atom is -0.350 e. The summed E-state index contributed by atoms with van der Waals surface area (Å²) in [6.45, 7) is 0.255. The van der Waals surface area contributed by atoms with Crippen molar-refractivity contribution >= 4 is 11.8 Å². The SMILES string of the molecule is N[C@@H](CC(=O)N[C@@H](C(=O)NCc1ccc(F)cc1)C1CCCCC1)Cc1ccccc1F. The lowest BCUT2D eigenvalue weighted by Crippen LogP contribution is -2.52. The molecule has 1 aliphatic carbocycles. The smallest absolute Gasteiger partial charge is 0.243 e. The first-order valence-electron chi connectivity index (χ1n) is 11.2. The fourth-order valence-corrected chi connectivity index (χ4v) is 4.26. The number of benzene rings is 2. The maximum absolute atomic E-state index is 13.9. The Kier molecular flexibility index (Phi) is 8.73. The van der Waals surface area contributed by atoms with Crippen LogP contribution >= 0.6 is 0 Å². The number of amides is 2. The number of rotatable bonds is 9. The fraction of sp³-hybridized carbons (Fsp3) is 0.440. The molecule has 2 aromatic rings. The average Bonchev–Trinajstić information content (AvgIpc) is 2.79. The van der Waals surface area contributed by atoms with Crippen LogP contribution in [0.25, 0.3) is 0 Å². The summed E-state index contributed by atoms with van der Waals surface area (Å²) in [6.07, 6.45) is 5.16. The average molecular weight is 444 g/mol. The molecule has 2 amide bonds. The summed E-state index contributed by atoms with van der Waals surface area (Å²) >= 11 is 0. The molecule has 7 heteroatoms. The Labute approximate surface area is 187 Å². The van der Waals surface area contributed by atoms with Gasteiger partial charge in [-0.3, -0.25) is 9.59 Å². The predicted octanol–water partition coefficient (Wildman–Crippen LogP) is 3.61. The summed E-state index contributed by atoms with van der Waals surface area (Å²) < 4.78 is 27.0. The molecule has 2 aromatic carbocycles. The molecule has 3 rings (SSSR count). The van der Waals surface area contributed by atoms with E-state index >= 15 is 0 Å². The molecule has 0 aromatic heterocycles. The first kappa shape index (κ1) is 23.9. The second kappa shape index (κ2) is 11.7. The van der Waals surface area contributed by atoms with Gasteiger partial charge in [-0.15, -0.1) is 0 Å². The monoisotopic (exact) mass is 443 g/mol. The van der Waals surface area contributed by atoms with E-state index in [0.29, 0.717) is 5.56 Å². The molecule has 0 spiro atoms. The van der Waals surface area contributed by atoms with Crippen molar-refractivity contribution < 1.29 is 18.4 Å². The number of hydrogen-bond acceptors (Lipinski definition) is 3. The Bertz CT molecular complexity index is 898. The Morgan fingerprint density at radius 1 is 1.00 bits per heavy atom. The molecular weight excluding hydrogens is 412 g/mol. The van der Waals surface area contributed by atoms with Gasteiger partial charge in [0.25, 0.3) is 0 Å². The van der Waals surface area contributed by atoms with E-state index in [0.717, 1.165) is 37.7 Å². The topological polar surface area (TPSA) is 84.2 Å². The zero-order valence-corrected chi connectivity index (χ0v) is 18.2. The van der Waals surface area contributed by atoms with Crippen molar-refractivity contribution in [1.82, 2.24) is 10.6 Å². The van der Waals surface area contributed by atoms with Gasteiger partial charge < -0.3 is 16.4 Å². The third-order valence-corrected chi connectivity index (χ3v) is 5.99. The maximum atomic E-state index is 13.9. The van der Waals surface area contributed by atoms with Gasteiger partial charge in [0, 0.05) is 19.0 Å².